The Morgan fingerprint density at radius 2 is 1.67 bits per heavy atom. The van der Waals surface area contributed by atoms with Crippen LogP contribution in [0.4, 0.5) is 15.8 Å². The summed E-state index contributed by atoms with van der Waals surface area (Å²) in [6.07, 6.45) is 2.00. The number of carbonyl (C=O) groups excluding carboxylic acids is 4. The molecule has 2 aromatic carbocycles. The van der Waals surface area contributed by atoms with Gasteiger partial charge in [-0.25, -0.2) is 9.18 Å². The molecule has 4 heterocycles. The summed E-state index contributed by atoms with van der Waals surface area (Å²) in [5, 5.41) is 11.4. The predicted molar refractivity (Wildman–Crippen MR) is 168 cm³/mol. The fourth-order valence-electron chi connectivity index (χ4n) is 7.20. The minimum Gasteiger partial charge on any atom is -0.478 e. The molecule has 12 nitrogen and oxygen atoms in total. The van der Waals surface area contributed by atoms with Crippen molar-refractivity contribution in [3.05, 3.63) is 58.9 Å². The highest BCUT2D eigenvalue weighted by molar-refractivity contribution is 6.23. The van der Waals surface area contributed by atoms with Crippen LogP contribution in [0.3, 0.4) is 0 Å². The number of imide groups is 2. The number of nitrogens with one attached hydrogen (secondary N) is 1. The molecule has 2 N–H and O–H groups in total. The van der Waals surface area contributed by atoms with Gasteiger partial charge in [-0.1, -0.05) is 0 Å². The van der Waals surface area contributed by atoms with Gasteiger partial charge in [0.15, 0.2) is 0 Å². The van der Waals surface area contributed by atoms with Crippen LogP contribution in [0, 0.1) is 11.7 Å². The molecule has 2 atom stereocenters. The number of amides is 4. The highest BCUT2D eigenvalue weighted by Gasteiger charge is 2.45. The number of nitrogens with zero attached hydrogens (tertiary/aromatic N) is 5. The van der Waals surface area contributed by atoms with Crippen molar-refractivity contribution in [1.29, 1.82) is 0 Å². The average Bonchev–Trinajstić information content (AvgIpc) is 3.26. The van der Waals surface area contributed by atoms with Crippen molar-refractivity contribution in [3.8, 4) is 0 Å². The largest absolute Gasteiger partial charge is 0.478 e. The van der Waals surface area contributed by atoms with Gasteiger partial charge in [0.05, 0.1) is 22.4 Å². The van der Waals surface area contributed by atoms with E-state index in [0.29, 0.717) is 24.7 Å². The van der Waals surface area contributed by atoms with Gasteiger partial charge in [-0.05, 0) is 75.7 Å². The van der Waals surface area contributed by atoms with Crippen molar-refractivity contribution in [3.63, 3.8) is 0 Å². The third-order valence-electron chi connectivity index (χ3n) is 9.61. The van der Waals surface area contributed by atoms with Gasteiger partial charge in [-0.3, -0.25) is 34.3 Å². The molecule has 0 aliphatic carbocycles. The Morgan fingerprint density at radius 3 is 2.35 bits per heavy atom. The molecule has 13 heteroatoms. The number of piperazine rings is 1. The highest BCUT2D eigenvalue weighted by Crippen LogP contribution is 2.32. The maximum atomic E-state index is 14.7. The number of benzene rings is 2. The summed E-state index contributed by atoms with van der Waals surface area (Å²) >= 11 is 0. The quantitative estimate of drug-likeness (QED) is 0.415. The van der Waals surface area contributed by atoms with Crippen molar-refractivity contribution in [2.24, 2.45) is 5.92 Å². The Bertz CT molecular complexity index is 1570. The van der Waals surface area contributed by atoms with Gasteiger partial charge in [0, 0.05) is 64.0 Å². The first kappa shape index (κ1) is 31.6. The monoisotopic (exact) mass is 634 g/mol. The fourth-order valence-corrected chi connectivity index (χ4v) is 7.20. The van der Waals surface area contributed by atoms with Crippen LogP contribution in [0.5, 0.6) is 0 Å². The number of carboxylic acids is 1. The molecule has 244 valence electrons. The van der Waals surface area contributed by atoms with E-state index in [2.05, 4.69) is 20.0 Å². The third kappa shape index (κ3) is 6.21. The van der Waals surface area contributed by atoms with E-state index >= 15 is 0 Å². The fraction of sp³-hybridized carbons (Fsp3) is 0.485. The lowest BCUT2D eigenvalue weighted by Crippen LogP contribution is -2.58. The number of rotatable bonds is 8. The van der Waals surface area contributed by atoms with E-state index in [4.69, 9.17) is 5.11 Å². The van der Waals surface area contributed by atoms with Crippen LogP contribution in [0.25, 0.3) is 0 Å². The zero-order chi connectivity index (χ0) is 32.7. The molecule has 4 aliphatic heterocycles. The number of carboxylic acid groups (broad SMARTS) is 1. The van der Waals surface area contributed by atoms with Crippen LogP contribution in [0.2, 0.25) is 0 Å². The number of fused-ring (bicyclic) bond motifs is 1. The van der Waals surface area contributed by atoms with Crippen LogP contribution >= 0.6 is 0 Å². The van der Waals surface area contributed by atoms with Gasteiger partial charge in [-0.2, -0.15) is 0 Å². The van der Waals surface area contributed by atoms with Crippen LogP contribution in [0.15, 0.2) is 36.4 Å². The van der Waals surface area contributed by atoms with Crippen LogP contribution in [-0.4, -0.2) is 121 Å². The van der Waals surface area contributed by atoms with Crippen LogP contribution in [-0.2, 0) is 9.59 Å². The Morgan fingerprint density at radius 1 is 0.935 bits per heavy atom. The standard InChI is InChI=1S/C33H39FN6O6/c1-36(2)18-23-19-39(22-4-5-24-25(16-22)32(44)40(31(24)43)28-7-8-29(41)35-30(28)42)14-13-38(23)17-20-9-11-37(12-10-20)27-6-3-21(33(45)46)15-26(27)34/h3-6,15-16,20,23,28H,7-14,17-19H2,1-2H3,(H,45,46)(H,35,41,42)/t23-,28?/m0/s1. The van der Waals surface area contributed by atoms with Gasteiger partial charge in [0.25, 0.3) is 11.8 Å². The van der Waals surface area contributed by atoms with E-state index in [1.165, 1.54) is 6.07 Å². The van der Waals surface area contributed by atoms with Crippen molar-refractivity contribution in [2.45, 2.75) is 37.8 Å². The lowest BCUT2D eigenvalue weighted by atomic mass is 9.94. The number of anilines is 2. The van der Waals surface area contributed by atoms with Crippen molar-refractivity contribution in [2.75, 3.05) is 69.7 Å². The average molecular weight is 635 g/mol. The van der Waals surface area contributed by atoms with Gasteiger partial charge in [-0.15, -0.1) is 0 Å². The molecule has 1 unspecified atom stereocenters. The van der Waals surface area contributed by atoms with Crippen molar-refractivity contribution < 1.29 is 33.5 Å². The molecule has 0 spiro atoms. The third-order valence-corrected chi connectivity index (χ3v) is 9.61. The summed E-state index contributed by atoms with van der Waals surface area (Å²) in [6.45, 7) is 5.43. The predicted octanol–water partition coefficient (Wildman–Crippen LogP) is 1.89. The van der Waals surface area contributed by atoms with Crippen molar-refractivity contribution in [1.82, 2.24) is 20.0 Å². The van der Waals surface area contributed by atoms with Crippen LogP contribution in [0.1, 0.15) is 56.8 Å². The van der Waals surface area contributed by atoms with Gasteiger partial charge in [0.2, 0.25) is 11.8 Å². The highest BCUT2D eigenvalue weighted by atomic mass is 19.1. The molecule has 3 fully saturated rings. The summed E-state index contributed by atoms with van der Waals surface area (Å²) in [7, 11) is 4.09. The lowest BCUT2D eigenvalue weighted by molar-refractivity contribution is -0.136. The first-order valence-electron chi connectivity index (χ1n) is 15.8. The topological polar surface area (TPSA) is 134 Å². The summed E-state index contributed by atoms with van der Waals surface area (Å²) in [6, 6.07) is 8.58. The van der Waals surface area contributed by atoms with E-state index in [9.17, 15) is 28.4 Å². The summed E-state index contributed by atoms with van der Waals surface area (Å²) in [5.74, 6) is -3.27. The number of piperidine rings is 2. The molecule has 0 bridgehead atoms. The lowest BCUT2D eigenvalue weighted by Gasteiger charge is -2.45. The molecule has 0 aromatic heterocycles. The maximum absolute atomic E-state index is 14.7. The molecule has 3 saturated heterocycles. The molecule has 0 saturated carbocycles. The number of halogens is 1. The first-order chi connectivity index (χ1) is 22.0. The number of hydrogen-bond acceptors (Lipinski definition) is 9. The van der Waals surface area contributed by atoms with E-state index < -0.39 is 41.5 Å². The molecule has 6 rings (SSSR count). The number of likely N-dealkylation sites (N-methyl/N-ethyl adjacent to an activating group) is 1. The Hall–Kier alpha value is -4.36. The SMILES string of the molecule is CN(C)C[C@H]1CN(c2ccc3c(c2)C(=O)N(C2CCC(=O)NC2=O)C3=O)CCN1CC1CCN(c2ccc(C(=O)O)cc2F)CC1. The Kier molecular flexibility index (Phi) is 8.80. The van der Waals surface area contributed by atoms with Crippen molar-refractivity contribution >= 4 is 41.0 Å². The van der Waals surface area contributed by atoms with E-state index in [1.54, 1.807) is 18.2 Å². The minimum atomic E-state index is -1.15. The normalized spacial score (nSPS) is 22.9. The first-order valence-corrected chi connectivity index (χ1v) is 15.8. The zero-order valence-electron chi connectivity index (χ0n) is 26.1. The van der Waals surface area contributed by atoms with Gasteiger partial charge in [0.1, 0.15) is 11.9 Å². The smallest absolute Gasteiger partial charge is 0.335 e. The molecule has 2 aromatic rings. The second-order valence-corrected chi connectivity index (χ2v) is 12.9. The molecule has 46 heavy (non-hydrogen) atoms. The molecule has 4 aliphatic rings. The minimum absolute atomic E-state index is 0.0589. The van der Waals surface area contributed by atoms with E-state index in [0.717, 1.165) is 62.2 Å². The Labute approximate surface area is 266 Å². The summed E-state index contributed by atoms with van der Waals surface area (Å²) in [5.41, 5.74) is 1.77. The van der Waals surface area contributed by atoms with Gasteiger partial charge >= 0.3 is 5.97 Å². The van der Waals surface area contributed by atoms with E-state index in [-0.39, 0.29) is 35.6 Å². The number of aromatic carboxylic acids is 1. The Balaban J connectivity index is 1.10. The molecule has 4 amide bonds. The molecular weight excluding hydrogens is 595 g/mol. The zero-order valence-corrected chi connectivity index (χ0v) is 26.1. The summed E-state index contributed by atoms with van der Waals surface area (Å²) < 4.78 is 14.7. The van der Waals surface area contributed by atoms with Crippen LogP contribution < -0.4 is 15.1 Å². The number of hydrogen-bond donors (Lipinski definition) is 2. The maximum Gasteiger partial charge on any atom is 0.335 e. The second-order valence-electron chi connectivity index (χ2n) is 12.9. The van der Waals surface area contributed by atoms with Gasteiger partial charge < -0.3 is 19.8 Å². The molecule has 0 radical (unpaired) electrons. The summed E-state index contributed by atoms with van der Waals surface area (Å²) in [4.78, 5) is 71.7. The second kappa shape index (κ2) is 12.8. The van der Waals surface area contributed by atoms with E-state index in [1.807, 2.05) is 25.1 Å². The molecular formula is C33H39FN6O6. The number of carbonyl (C=O) groups is 5.